The van der Waals surface area contributed by atoms with Crippen molar-refractivity contribution >= 4 is 195 Å². The molecule has 0 atom stereocenters. The summed E-state index contributed by atoms with van der Waals surface area (Å²) in [6.07, 6.45) is 12.1. The first-order valence-electron chi connectivity index (χ1n) is 38.1. The lowest BCUT2D eigenvalue weighted by atomic mass is 10.0. The summed E-state index contributed by atoms with van der Waals surface area (Å²) in [4.78, 5) is 58.0. The number of benzene rings is 8. The standard InChI is InChI=1S/C42H47NO10P.C14H13BrN2O.C14H16BrNO2.C11H13BrINO.C6H6IN.C5H8BrClO.CH4.BrH/c1-45-31-22-34(48-4)40(35(23-31)49-5)54(41-36(50-6)24-32(46-2)25-37(41)51-7,42-38(52-8)26-33(47-3)27-39(42)53-9)20-11-10-14-30(44)21-29-17-15-28(16-18-29)13-12-19-43;15-10-2-1-5-14(18)17-13-8-6-12(7-9-13)4-3-11-16;15-10-2-1-5-14(18)16-13-8-6-12(7-9-13)4-3-11-17;12-8-2-1-3-11(15)14-10-6-4-9(13)5-7-10;7-5-1-3-6(8)4-2-5;6-4-2-1-3-5(7)8;;/h15-18,22-27H,10-11,14,20-21H2,1-9H3;6-9H,1-2,5,10H2,(H,17,18);6-9,17H,1-2,5,10-11H2,(H,16,18);4-7H,1-3,8H2,(H,14,15);1-4H,8H2;1-4H2;1H4;1H/q+1;;;;;;;/p-1. The highest BCUT2D eigenvalue weighted by Gasteiger charge is 2.57. The van der Waals surface area contributed by atoms with Crippen LogP contribution in [-0.4, -0.2) is 132 Å². The molecule has 0 unspecified atom stereocenters. The van der Waals surface area contributed by atoms with Gasteiger partial charge in [-0.3, -0.25) is 24.0 Å². The van der Waals surface area contributed by atoms with E-state index in [9.17, 15) is 24.0 Å². The Morgan fingerprint density at radius 1 is 0.423 bits per heavy atom. The van der Waals surface area contributed by atoms with Crippen LogP contribution >= 0.6 is 128 Å². The van der Waals surface area contributed by atoms with Crippen LogP contribution in [0.25, 0.3) is 0 Å². The van der Waals surface area contributed by atoms with Crippen molar-refractivity contribution in [2.24, 2.45) is 0 Å². The number of carbonyl (C=O) groups is 5. The van der Waals surface area contributed by atoms with Gasteiger partial charge in [0.2, 0.25) is 23.0 Å². The predicted molar refractivity (Wildman–Crippen MR) is 527 cm³/mol. The van der Waals surface area contributed by atoms with Gasteiger partial charge in [0.25, 0.3) is 0 Å². The zero-order chi connectivity index (χ0) is 89.2. The number of amides is 3. The molecule has 0 aliphatic rings. The van der Waals surface area contributed by atoms with Crippen LogP contribution in [0, 0.1) is 65.3 Å². The Kier molecular flexibility index (Phi) is 61.5. The van der Waals surface area contributed by atoms with Gasteiger partial charge in [-0.25, -0.2) is 0 Å². The number of methoxy groups -OCH3 is 9. The van der Waals surface area contributed by atoms with E-state index in [-0.39, 0.29) is 66.2 Å². The Hall–Kier alpha value is -8.29. The number of rotatable bonds is 38. The topological polar surface area (TPSA) is 298 Å². The first-order valence-corrected chi connectivity index (χ1v) is 47.1. The van der Waals surface area contributed by atoms with Gasteiger partial charge >= 0.3 is 0 Å². The molecular formula is C93H107Br5ClI2N6O15P. The van der Waals surface area contributed by atoms with E-state index < -0.39 is 7.26 Å². The minimum atomic E-state index is -3.17. The van der Waals surface area contributed by atoms with E-state index in [1.807, 2.05) is 140 Å². The molecule has 0 bridgehead atoms. The summed E-state index contributed by atoms with van der Waals surface area (Å²) in [6, 6.07) is 51.7. The highest BCUT2D eigenvalue weighted by molar-refractivity contribution is 14.1. The van der Waals surface area contributed by atoms with Crippen molar-refractivity contribution in [2.75, 3.05) is 120 Å². The van der Waals surface area contributed by atoms with E-state index in [1.165, 1.54) is 7.14 Å². The Morgan fingerprint density at radius 3 is 1.00 bits per heavy atom. The summed E-state index contributed by atoms with van der Waals surface area (Å²) in [5.74, 6) is 20.4. The number of ether oxygens (including phenoxy) is 9. The number of hydrogen-bond donors (Lipinski definition) is 5. The summed E-state index contributed by atoms with van der Waals surface area (Å²) in [7, 11) is 11.1. The molecule has 6 N–H and O–H groups in total. The van der Waals surface area contributed by atoms with Gasteiger partial charge < -0.3 is 86.4 Å². The molecule has 0 saturated carbocycles. The van der Waals surface area contributed by atoms with E-state index in [4.69, 9.17) is 75.6 Å². The van der Waals surface area contributed by atoms with Gasteiger partial charge in [0.15, 0.2) is 62.5 Å². The molecule has 0 aromatic heterocycles. The minimum Gasteiger partial charge on any atom is -1.00 e. The Balaban J connectivity index is 0.000000885. The molecule has 0 aliphatic carbocycles. The molecule has 8 aromatic carbocycles. The van der Waals surface area contributed by atoms with Crippen LogP contribution in [0.4, 0.5) is 22.7 Å². The van der Waals surface area contributed by atoms with Gasteiger partial charge in [0.1, 0.15) is 36.9 Å². The third-order valence-electron chi connectivity index (χ3n) is 17.1. The number of carbonyl (C=O) groups excluding carboxylic acids is 5. The smallest absolute Gasteiger partial charge is 0.224 e. The van der Waals surface area contributed by atoms with E-state index >= 15 is 0 Å². The van der Waals surface area contributed by atoms with Crippen LogP contribution in [0.1, 0.15) is 126 Å². The van der Waals surface area contributed by atoms with Gasteiger partial charge in [-0.15, -0.1) is 0 Å². The lowest BCUT2D eigenvalue weighted by molar-refractivity contribution is -0.119. The van der Waals surface area contributed by atoms with Gasteiger partial charge in [-0.2, -0.15) is 10.5 Å². The number of ketones is 1. The largest absolute Gasteiger partial charge is 1.00 e. The number of alkyl halides is 4. The van der Waals surface area contributed by atoms with Crippen molar-refractivity contribution in [3.05, 3.63) is 187 Å². The van der Waals surface area contributed by atoms with Crippen LogP contribution in [0.15, 0.2) is 158 Å². The maximum absolute atomic E-state index is 13.4. The van der Waals surface area contributed by atoms with Crippen molar-refractivity contribution in [1.82, 2.24) is 0 Å². The fourth-order valence-electron chi connectivity index (χ4n) is 11.2. The fourth-order valence-corrected chi connectivity index (χ4v) is 18.9. The molecule has 660 valence electrons. The molecule has 0 radical (unpaired) electrons. The van der Waals surface area contributed by atoms with Gasteiger partial charge in [-0.05, 0) is 236 Å². The lowest BCUT2D eigenvalue weighted by Crippen LogP contribution is -3.00. The molecule has 3 amide bonds. The molecule has 21 nitrogen and oxygen atoms in total. The number of anilines is 4. The van der Waals surface area contributed by atoms with Crippen molar-refractivity contribution in [3.63, 3.8) is 0 Å². The molecule has 0 saturated heterocycles. The van der Waals surface area contributed by atoms with Crippen LogP contribution in [0.3, 0.4) is 0 Å². The molecule has 8 rings (SSSR count). The number of nitrogens with one attached hydrogen (secondary N) is 3. The van der Waals surface area contributed by atoms with Crippen LogP contribution in [0.5, 0.6) is 51.7 Å². The molecule has 30 heteroatoms. The van der Waals surface area contributed by atoms with Crippen molar-refractivity contribution < 1.29 is 88.7 Å². The van der Waals surface area contributed by atoms with E-state index in [2.05, 4.69) is 160 Å². The predicted octanol–water partition coefficient (Wildman–Crippen LogP) is 17.1. The molecular weight excluding hydrogens is 2160 g/mol. The average molecular weight is 2270 g/mol. The summed E-state index contributed by atoms with van der Waals surface area (Å²) >= 11 is 22.8. The number of aliphatic hydroxyl groups excluding tert-OH is 1. The number of halogens is 8. The number of nitrogens with zero attached hydrogens (tertiary/aromatic N) is 2. The van der Waals surface area contributed by atoms with E-state index in [0.717, 1.165) is 128 Å². The first kappa shape index (κ1) is 113. The van der Waals surface area contributed by atoms with E-state index in [1.54, 1.807) is 94.3 Å². The molecule has 0 fully saturated rings. The molecule has 0 spiro atoms. The van der Waals surface area contributed by atoms with Gasteiger partial charge in [-0.1, -0.05) is 107 Å². The average Bonchev–Trinajstić information content (AvgIpc) is 0.708. The first-order chi connectivity index (χ1) is 58.5. The van der Waals surface area contributed by atoms with Crippen LogP contribution < -0.4 is 97.2 Å². The van der Waals surface area contributed by atoms with Crippen molar-refractivity contribution in [1.29, 1.82) is 10.5 Å². The molecule has 0 heterocycles. The summed E-state index contributed by atoms with van der Waals surface area (Å²) in [5, 5.41) is 39.9. The lowest BCUT2D eigenvalue weighted by Gasteiger charge is -2.33. The zero-order valence-corrected chi connectivity index (χ0v) is 83.6. The number of Topliss-reactive ketones (excluding diaryl/α,β-unsaturated/α-hetero) is 1. The summed E-state index contributed by atoms with van der Waals surface area (Å²) in [6.45, 7) is -0.147. The number of nitrogen functional groups attached to an aromatic ring is 1. The molecule has 8 aromatic rings. The molecule has 123 heavy (non-hydrogen) atoms. The second-order valence-electron chi connectivity index (χ2n) is 25.5. The number of nitrogens with two attached hydrogens (primary N) is 1. The summed E-state index contributed by atoms with van der Waals surface area (Å²) in [5.41, 5.74) is 11.8. The van der Waals surface area contributed by atoms with Crippen molar-refractivity contribution in [3.8, 4) is 99.4 Å². The maximum Gasteiger partial charge on any atom is 0.224 e. The Bertz CT molecular complexity index is 4550. The third-order valence-corrected chi connectivity index (χ3v) is 25.5. The molecule has 0 aliphatic heterocycles. The summed E-state index contributed by atoms with van der Waals surface area (Å²) < 4.78 is 56.5. The number of nitriles is 2. The van der Waals surface area contributed by atoms with Crippen molar-refractivity contribution in [2.45, 2.75) is 110 Å². The number of aliphatic hydroxyl groups is 1. The van der Waals surface area contributed by atoms with Crippen LogP contribution in [0.2, 0.25) is 0 Å². The SMILES string of the molecule is C.COc1cc(OC)c([P+](CCCCC(=O)Cc2ccc(C#CC#N)cc2)(c2c(OC)cc(OC)cc2OC)c2c(OC)cc(OC)cc2OC)c(OC)c1.N#CC#Cc1ccc(NC(=O)CCCCBr)cc1.Nc1ccc(I)cc1.O=C(CCCCBr)Nc1ccc(C#CCO)cc1.O=C(CCCCBr)Nc1ccc(I)cc1.O=C(Cl)CCCCBr.[Br-]. The number of hydrogen-bond acceptors (Lipinski definition) is 18. The quantitative estimate of drug-likeness (QED) is 0.00457. The third kappa shape index (κ3) is 43.0. The normalized spacial score (nSPS) is 9.75. The zero-order valence-electron chi connectivity index (χ0n) is 69.7. The second-order valence-corrected chi connectivity index (χ2v) is 35.0. The highest BCUT2D eigenvalue weighted by Crippen LogP contribution is 2.67. The van der Waals surface area contributed by atoms with E-state index in [0.29, 0.717) is 108 Å². The Morgan fingerprint density at radius 2 is 0.715 bits per heavy atom. The van der Waals surface area contributed by atoms with Gasteiger partial charge in [0, 0.05) is 155 Å². The second kappa shape index (κ2) is 67.1. The van der Waals surface area contributed by atoms with Gasteiger partial charge in [0.05, 0.1) is 70.2 Å². The maximum atomic E-state index is 13.4. The Labute approximate surface area is 803 Å². The minimum absolute atomic E-state index is 0. The van der Waals surface area contributed by atoms with Crippen LogP contribution in [-0.2, 0) is 30.4 Å². The highest BCUT2D eigenvalue weighted by atomic mass is 127. The fraction of sp³-hybridized carbons (Fsp3) is 0.344. The monoisotopic (exact) mass is 2260 g/mol. The number of unbranched alkanes of at least 4 members (excludes halogenated alkanes) is 5.